The van der Waals surface area contributed by atoms with Gasteiger partial charge in [-0.05, 0) is 39.0 Å². The number of benzene rings is 1. The van der Waals surface area contributed by atoms with Crippen LogP contribution in [0.3, 0.4) is 0 Å². The molecule has 0 aliphatic rings. The molecular weight excluding hydrogens is 226 g/mol. The number of Topliss-reactive ketones (excluding diaryl/α,β-unsaturated/α-hetero) is 1. The summed E-state index contributed by atoms with van der Waals surface area (Å²) in [7, 11) is 0. The van der Waals surface area contributed by atoms with Crippen LogP contribution in [0, 0.1) is 0 Å². The van der Waals surface area contributed by atoms with Crippen LogP contribution < -0.4 is 10.5 Å². The molecule has 0 atom stereocenters. The van der Waals surface area contributed by atoms with E-state index in [1.807, 2.05) is 6.92 Å². The van der Waals surface area contributed by atoms with E-state index in [2.05, 4.69) is 0 Å². The van der Waals surface area contributed by atoms with Crippen molar-refractivity contribution >= 4 is 17.4 Å². The van der Waals surface area contributed by atoms with Gasteiger partial charge in [-0.15, -0.1) is 0 Å². The summed E-state index contributed by atoms with van der Waals surface area (Å²) in [5.74, 6) is 0.438. The van der Waals surface area contributed by atoms with E-state index in [4.69, 9.17) is 22.1 Å². The molecule has 0 radical (unpaired) electrons. The Morgan fingerprint density at radius 3 is 2.56 bits per heavy atom. The first kappa shape index (κ1) is 13.0. The van der Waals surface area contributed by atoms with E-state index in [0.29, 0.717) is 22.9 Å². The lowest BCUT2D eigenvalue weighted by molar-refractivity contribution is 0.0913. The summed E-state index contributed by atoms with van der Waals surface area (Å²) in [5.41, 5.74) is 5.34. The number of hydrogen-bond donors (Lipinski definition) is 1. The van der Waals surface area contributed by atoms with Crippen LogP contribution in [0.15, 0.2) is 18.2 Å². The van der Waals surface area contributed by atoms with Gasteiger partial charge in [-0.2, -0.15) is 0 Å². The summed E-state index contributed by atoms with van der Waals surface area (Å²) >= 11 is 5.98. The van der Waals surface area contributed by atoms with Gasteiger partial charge >= 0.3 is 0 Å². The van der Waals surface area contributed by atoms with Gasteiger partial charge in [0, 0.05) is 5.56 Å². The maximum Gasteiger partial charge on any atom is 0.182 e. The quantitative estimate of drug-likeness (QED) is 0.825. The molecule has 0 amide bonds. The average Bonchev–Trinajstić information content (AvgIpc) is 2.19. The van der Waals surface area contributed by atoms with Crippen molar-refractivity contribution in [3.05, 3.63) is 28.8 Å². The van der Waals surface area contributed by atoms with Crippen LogP contribution in [0.4, 0.5) is 0 Å². The summed E-state index contributed by atoms with van der Waals surface area (Å²) in [6, 6.07) is 4.95. The minimum absolute atomic E-state index is 0.141. The molecule has 0 saturated heterocycles. The third-order valence-corrected chi connectivity index (χ3v) is 2.37. The number of carbonyl (C=O) groups is 1. The molecule has 0 aliphatic heterocycles. The second-order valence-corrected chi connectivity index (χ2v) is 4.54. The molecule has 3 nitrogen and oxygen atoms in total. The molecule has 2 N–H and O–H groups in total. The number of carbonyl (C=O) groups excluding carboxylic acids is 1. The highest BCUT2D eigenvalue weighted by Gasteiger charge is 2.23. The van der Waals surface area contributed by atoms with Gasteiger partial charge in [-0.25, -0.2) is 0 Å². The summed E-state index contributed by atoms with van der Waals surface area (Å²) in [6.07, 6.45) is 0. The molecule has 88 valence electrons. The summed E-state index contributed by atoms with van der Waals surface area (Å²) in [6.45, 7) is 5.74. The SMILES string of the molecule is CCOc1ccc(C(=O)C(C)(C)N)cc1Cl. The van der Waals surface area contributed by atoms with Gasteiger partial charge < -0.3 is 10.5 Å². The van der Waals surface area contributed by atoms with E-state index >= 15 is 0 Å². The third kappa shape index (κ3) is 2.97. The smallest absolute Gasteiger partial charge is 0.182 e. The number of rotatable bonds is 4. The zero-order valence-electron chi connectivity index (χ0n) is 9.71. The van der Waals surface area contributed by atoms with Crippen LogP contribution >= 0.6 is 11.6 Å². The zero-order chi connectivity index (χ0) is 12.3. The molecule has 0 aromatic heterocycles. The third-order valence-electron chi connectivity index (χ3n) is 2.08. The van der Waals surface area contributed by atoms with Crippen molar-refractivity contribution < 1.29 is 9.53 Å². The maximum absolute atomic E-state index is 11.9. The molecule has 0 aliphatic carbocycles. The molecule has 0 fully saturated rings. The van der Waals surface area contributed by atoms with Crippen molar-refractivity contribution in [2.75, 3.05) is 6.61 Å². The largest absolute Gasteiger partial charge is 0.492 e. The minimum Gasteiger partial charge on any atom is -0.492 e. The van der Waals surface area contributed by atoms with E-state index in [1.54, 1.807) is 32.0 Å². The number of ether oxygens (including phenoxy) is 1. The Labute approximate surface area is 101 Å². The van der Waals surface area contributed by atoms with Crippen molar-refractivity contribution in [1.82, 2.24) is 0 Å². The molecule has 16 heavy (non-hydrogen) atoms. The van der Waals surface area contributed by atoms with E-state index in [-0.39, 0.29) is 5.78 Å². The first-order valence-corrected chi connectivity index (χ1v) is 5.50. The highest BCUT2D eigenvalue weighted by atomic mass is 35.5. The molecule has 1 rings (SSSR count). The second-order valence-electron chi connectivity index (χ2n) is 4.13. The molecule has 0 saturated carbocycles. The first-order valence-electron chi connectivity index (χ1n) is 5.12. The van der Waals surface area contributed by atoms with Gasteiger partial charge in [0.25, 0.3) is 0 Å². The standard InChI is InChI=1S/C12H16ClNO2/c1-4-16-10-6-5-8(7-9(10)13)11(15)12(2,3)14/h5-7H,4,14H2,1-3H3. The van der Waals surface area contributed by atoms with Gasteiger partial charge in [-0.3, -0.25) is 4.79 Å². The normalized spacial score (nSPS) is 11.3. The summed E-state index contributed by atoms with van der Waals surface area (Å²) in [5, 5.41) is 0.428. The van der Waals surface area contributed by atoms with Crippen molar-refractivity contribution in [1.29, 1.82) is 0 Å². The monoisotopic (exact) mass is 241 g/mol. The summed E-state index contributed by atoms with van der Waals surface area (Å²) in [4.78, 5) is 11.9. The van der Waals surface area contributed by atoms with Crippen LogP contribution in [0.5, 0.6) is 5.75 Å². The fraction of sp³-hybridized carbons (Fsp3) is 0.417. The van der Waals surface area contributed by atoms with Gasteiger partial charge in [0.15, 0.2) is 5.78 Å². The predicted molar refractivity (Wildman–Crippen MR) is 65.2 cm³/mol. The Hall–Kier alpha value is -1.06. The molecule has 1 aromatic rings. The van der Waals surface area contributed by atoms with Crippen LogP contribution in [0.25, 0.3) is 0 Å². The van der Waals surface area contributed by atoms with Crippen molar-refractivity contribution in [3.8, 4) is 5.75 Å². The molecule has 0 unspecified atom stereocenters. The Balaban J connectivity index is 3.02. The van der Waals surface area contributed by atoms with Crippen LogP contribution in [0.1, 0.15) is 31.1 Å². The lowest BCUT2D eigenvalue weighted by Gasteiger charge is -2.17. The van der Waals surface area contributed by atoms with Gasteiger partial charge in [0.2, 0.25) is 0 Å². The van der Waals surface area contributed by atoms with Crippen molar-refractivity contribution in [2.24, 2.45) is 5.73 Å². The average molecular weight is 242 g/mol. The van der Waals surface area contributed by atoms with Crippen LogP contribution in [0.2, 0.25) is 5.02 Å². The lowest BCUT2D eigenvalue weighted by Crippen LogP contribution is -2.41. The van der Waals surface area contributed by atoms with E-state index in [9.17, 15) is 4.79 Å². The van der Waals surface area contributed by atoms with Gasteiger partial charge in [0.05, 0.1) is 17.2 Å². The first-order chi connectivity index (χ1) is 7.36. The van der Waals surface area contributed by atoms with E-state index < -0.39 is 5.54 Å². The Kier molecular flexibility index (Phi) is 3.94. The number of ketones is 1. The molecule has 1 aromatic carbocycles. The second kappa shape index (κ2) is 4.85. The molecule has 0 bridgehead atoms. The van der Waals surface area contributed by atoms with Crippen molar-refractivity contribution in [2.45, 2.75) is 26.3 Å². The molecule has 4 heteroatoms. The predicted octanol–water partition coefficient (Wildman–Crippen LogP) is 2.66. The molecule has 0 spiro atoms. The van der Waals surface area contributed by atoms with Crippen LogP contribution in [-0.2, 0) is 0 Å². The number of hydrogen-bond acceptors (Lipinski definition) is 3. The zero-order valence-corrected chi connectivity index (χ0v) is 10.5. The summed E-state index contributed by atoms with van der Waals surface area (Å²) < 4.78 is 5.28. The fourth-order valence-corrected chi connectivity index (χ4v) is 1.52. The van der Waals surface area contributed by atoms with E-state index in [0.717, 1.165) is 0 Å². The van der Waals surface area contributed by atoms with Crippen LogP contribution in [-0.4, -0.2) is 17.9 Å². The fourth-order valence-electron chi connectivity index (χ4n) is 1.29. The van der Waals surface area contributed by atoms with Gasteiger partial charge in [-0.1, -0.05) is 11.6 Å². The lowest BCUT2D eigenvalue weighted by atomic mass is 9.94. The Morgan fingerprint density at radius 1 is 1.50 bits per heavy atom. The Bertz CT molecular complexity index is 396. The maximum atomic E-state index is 11.9. The highest BCUT2D eigenvalue weighted by Crippen LogP contribution is 2.26. The van der Waals surface area contributed by atoms with E-state index in [1.165, 1.54) is 0 Å². The number of halogens is 1. The van der Waals surface area contributed by atoms with Crippen molar-refractivity contribution in [3.63, 3.8) is 0 Å². The number of nitrogens with two attached hydrogens (primary N) is 1. The van der Waals surface area contributed by atoms with Gasteiger partial charge in [0.1, 0.15) is 5.75 Å². The minimum atomic E-state index is -0.892. The molecule has 0 heterocycles. The Morgan fingerprint density at radius 2 is 2.12 bits per heavy atom. The highest BCUT2D eigenvalue weighted by molar-refractivity contribution is 6.32. The molecular formula is C12H16ClNO2. The topological polar surface area (TPSA) is 52.3 Å².